The summed E-state index contributed by atoms with van der Waals surface area (Å²) in [4.78, 5) is 44.8. The van der Waals surface area contributed by atoms with Crippen LogP contribution in [-0.2, 0) is 22.5 Å². The molecule has 0 saturated carbocycles. The number of aromatic nitrogens is 2. The monoisotopic (exact) mass is 492 g/mol. The van der Waals surface area contributed by atoms with Gasteiger partial charge in [0.25, 0.3) is 11.5 Å². The molecule has 8 nitrogen and oxygen atoms in total. The normalized spacial score (nSPS) is 15.9. The third-order valence-corrected chi connectivity index (χ3v) is 8.12. The topological polar surface area (TPSA) is 102 Å². The molecule has 32 heavy (non-hydrogen) atoms. The lowest BCUT2D eigenvalue weighted by atomic mass is 10.1. The quantitative estimate of drug-likeness (QED) is 0.299. The van der Waals surface area contributed by atoms with Crippen molar-refractivity contribution < 1.29 is 14.3 Å². The first-order chi connectivity index (χ1) is 15.5. The Hall–Kier alpha value is -2.21. The standard InChI is InChI=1S/C21H24N4O4S3/c1-3-14-12(2)32-19-17(14)20(28)25(10-13-6-4-8-29-13)21(22-19)31-11-16(26)23-24-18(27)15-7-5-9-30-15/h5,7,9,13H,3-4,6,8,10-11H2,1-2H3,(H,23,26)(H,24,27). The summed E-state index contributed by atoms with van der Waals surface area (Å²) in [5, 5.41) is 2.95. The number of aryl methyl sites for hydroxylation is 2. The first-order valence-electron chi connectivity index (χ1n) is 10.4. The van der Waals surface area contributed by atoms with E-state index in [0.717, 1.165) is 29.7 Å². The highest BCUT2D eigenvalue weighted by Gasteiger charge is 2.23. The van der Waals surface area contributed by atoms with Crippen molar-refractivity contribution >= 4 is 56.5 Å². The van der Waals surface area contributed by atoms with Crippen LogP contribution in [0.4, 0.5) is 0 Å². The number of hydrogen-bond donors (Lipinski definition) is 2. The molecule has 11 heteroatoms. The minimum absolute atomic E-state index is 0.0131. The fraction of sp³-hybridized carbons (Fsp3) is 0.429. The summed E-state index contributed by atoms with van der Waals surface area (Å²) in [5.41, 5.74) is 5.78. The number of hydrazine groups is 1. The van der Waals surface area contributed by atoms with Gasteiger partial charge in [0.1, 0.15) is 4.83 Å². The third-order valence-electron chi connectivity index (χ3n) is 5.23. The van der Waals surface area contributed by atoms with Crippen molar-refractivity contribution in [1.29, 1.82) is 0 Å². The Morgan fingerprint density at radius 2 is 2.22 bits per heavy atom. The highest BCUT2D eigenvalue weighted by Crippen LogP contribution is 2.30. The smallest absolute Gasteiger partial charge is 0.279 e. The zero-order valence-corrected chi connectivity index (χ0v) is 20.3. The Morgan fingerprint density at radius 1 is 1.38 bits per heavy atom. The van der Waals surface area contributed by atoms with Gasteiger partial charge in [0.15, 0.2) is 5.16 Å². The summed E-state index contributed by atoms with van der Waals surface area (Å²) < 4.78 is 7.39. The van der Waals surface area contributed by atoms with E-state index in [1.807, 2.05) is 13.8 Å². The van der Waals surface area contributed by atoms with Gasteiger partial charge in [-0.15, -0.1) is 22.7 Å². The fourth-order valence-electron chi connectivity index (χ4n) is 3.68. The van der Waals surface area contributed by atoms with Gasteiger partial charge in [0.2, 0.25) is 5.91 Å². The van der Waals surface area contributed by atoms with Crippen LogP contribution in [0.25, 0.3) is 10.2 Å². The van der Waals surface area contributed by atoms with Crippen molar-refractivity contribution in [3.8, 4) is 0 Å². The van der Waals surface area contributed by atoms with Gasteiger partial charge in [0, 0.05) is 11.5 Å². The van der Waals surface area contributed by atoms with E-state index in [4.69, 9.17) is 9.72 Å². The molecule has 0 radical (unpaired) electrons. The van der Waals surface area contributed by atoms with Crippen LogP contribution in [0.1, 0.15) is 39.9 Å². The maximum Gasteiger partial charge on any atom is 0.279 e. The number of fused-ring (bicyclic) bond motifs is 1. The molecule has 4 rings (SSSR count). The number of carbonyl (C=O) groups excluding carboxylic acids is 2. The number of nitrogens with one attached hydrogen (secondary N) is 2. The van der Waals surface area contributed by atoms with Gasteiger partial charge in [-0.2, -0.15) is 0 Å². The molecule has 0 spiro atoms. The van der Waals surface area contributed by atoms with Crippen LogP contribution in [0.5, 0.6) is 0 Å². The minimum Gasteiger partial charge on any atom is -0.376 e. The SMILES string of the molecule is CCc1c(C)sc2nc(SCC(=O)NNC(=O)c3cccs3)n(CC3CCCO3)c(=O)c12. The van der Waals surface area contributed by atoms with Crippen LogP contribution in [0, 0.1) is 6.92 Å². The molecule has 1 aliphatic rings. The lowest BCUT2D eigenvalue weighted by molar-refractivity contribution is -0.119. The zero-order valence-electron chi connectivity index (χ0n) is 17.8. The molecule has 2 amide bonds. The van der Waals surface area contributed by atoms with Crippen molar-refractivity contribution in [2.24, 2.45) is 0 Å². The van der Waals surface area contributed by atoms with Crippen molar-refractivity contribution in [3.63, 3.8) is 0 Å². The maximum absolute atomic E-state index is 13.4. The molecule has 2 N–H and O–H groups in total. The summed E-state index contributed by atoms with van der Waals surface area (Å²) >= 11 is 3.98. The fourth-order valence-corrected chi connectivity index (χ4v) is 6.26. The molecule has 1 saturated heterocycles. The van der Waals surface area contributed by atoms with Crippen LogP contribution >= 0.6 is 34.4 Å². The van der Waals surface area contributed by atoms with Crippen LogP contribution in [0.15, 0.2) is 27.5 Å². The molecular weight excluding hydrogens is 468 g/mol. The Labute approximate surface area is 197 Å². The molecule has 170 valence electrons. The Balaban J connectivity index is 1.53. The molecule has 4 heterocycles. The number of thioether (sulfide) groups is 1. The van der Waals surface area contributed by atoms with Gasteiger partial charge in [-0.05, 0) is 43.2 Å². The van der Waals surface area contributed by atoms with E-state index in [9.17, 15) is 14.4 Å². The first kappa shape index (κ1) is 23.0. The molecule has 1 unspecified atom stereocenters. The highest BCUT2D eigenvalue weighted by molar-refractivity contribution is 7.99. The summed E-state index contributed by atoms with van der Waals surface area (Å²) in [6.45, 7) is 5.15. The second kappa shape index (κ2) is 10.2. The van der Waals surface area contributed by atoms with Gasteiger partial charge >= 0.3 is 0 Å². The predicted molar refractivity (Wildman–Crippen MR) is 128 cm³/mol. The number of nitrogens with zero attached hydrogens (tertiary/aromatic N) is 2. The van der Waals surface area contributed by atoms with Crippen LogP contribution in [0.2, 0.25) is 0 Å². The average Bonchev–Trinajstić information content (AvgIpc) is 3.53. The molecule has 3 aromatic rings. The lowest BCUT2D eigenvalue weighted by Gasteiger charge is -2.16. The number of carbonyl (C=O) groups is 2. The number of ether oxygens (including phenoxy) is 1. The Morgan fingerprint density at radius 3 is 2.91 bits per heavy atom. The number of rotatable bonds is 7. The first-order valence-corrected chi connectivity index (χ1v) is 13.1. The second-order valence-electron chi connectivity index (χ2n) is 7.38. The van der Waals surface area contributed by atoms with Crippen LogP contribution in [-0.4, -0.2) is 39.8 Å². The van der Waals surface area contributed by atoms with Crippen molar-refractivity contribution in [3.05, 3.63) is 43.2 Å². The second-order valence-corrected chi connectivity index (χ2v) is 10.5. The minimum atomic E-state index is -0.380. The van der Waals surface area contributed by atoms with E-state index < -0.39 is 0 Å². The number of hydrogen-bond acceptors (Lipinski definition) is 8. The Kier molecular flexibility index (Phi) is 7.29. The van der Waals surface area contributed by atoms with E-state index in [1.165, 1.54) is 34.4 Å². The molecule has 0 aromatic carbocycles. The lowest BCUT2D eigenvalue weighted by Crippen LogP contribution is -2.42. The van der Waals surface area contributed by atoms with E-state index in [-0.39, 0.29) is 29.2 Å². The van der Waals surface area contributed by atoms with Crippen LogP contribution < -0.4 is 16.4 Å². The van der Waals surface area contributed by atoms with Gasteiger partial charge in [-0.1, -0.05) is 24.8 Å². The van der Waals surface area contributed by atoms with Crippen LogP contribution in [0.3, 0.4) is 0 Å². The van der Waals surface area contributed by atoms with Crippen molar-refractivity contribution in [1.82, 2.24) is 20.4 Å². The zero-order chi connectivity index (χ0) is 22.7. The van der Waals surface area contributed by atoms with Gasteiger partial charge in [-0.25, -0.2) is 4.98 Å². The van der Waals surface area contributed by atoms with Crippen molar-refractivity contribution in [2.45, 2.75) is 50.9 Å². The summed E-state index contributed by atoms with van der Waals surface area (Å²) in [5.74, 6) is -0.733. The molecule has 1 aliphatic heterocycles. The van der Waals surface area contributed by atoms with Gasteiger partial charge < -0.3 is 4.74 Å². The number of thiophene rings is 2. The summed E-state index contributed by atoms with van der Waals surface area (Å²) in [6, 6.07) is 3.44. The van der Waals surface area contributed by atoms with E-state index in [1.54, 1.807) is 22.1 Å². The summed E-state index contributed by atoms with van der Waals surface area (Å²) in [7, 11) is 0. The third kappa shape index (κ3) is 4.90. The predicted octanol–water partition coefficient (Wildman–Crippen LogP) is 3.12. The summed E-state index contributed by atoms with van der Waals surface area (Å²) in [6.07, 6.45) is 2.60. The van der Waals surface area contributed by atoms with E-state index in [2.05, 4.69) is 10.9 Å². The number of amides is 2. The van der Waals surface area contributed by atoms with Gasteiger partial charge in [-0.3, -0.25) is 29.8 Å². The maximum atomic E-state index is 13.4. The molecule has 1 fully saturated rings. The van der Waals surface area contributed by atoms with Crippen molar-refractivity contribution in [2.75, 3.05) is 12.4 Å². The van der Waals surface area contributed by atoms with E-state index >= 15 is 0 Å². The average molecular weight is 493 g/mol. The molecule has 3 aromatic heterocycles. The molecule has 0 bridgehead atoms. The molecule has 1 atom stereocenters. The highest BCUT2D eigenvalue weighted by atomic mass is 32.2. The van der Waals surface area contributed by atoms with E-state index in [0.29, 0.717) is 33.4 Å². The largest absolute Gasteiger partial charge is 0.376 e. The molecular formula is C21H24N4O4S3. The Bertz CT molecular complexity index is 1180. The molecule has 0 aliphatic carbocycles. The van der Waals surface area contributed by atoms with Gasteiger partial charge in [0.05, 0.1) is 28.7 Å².